The van der Waals surface area contributed by atoms with Gasteiger partial charge in [0.05, 0.1) is 36.4 Å². The van der Waals surface area contributed by atoms with E-state index in [9.17, 15) is 9.90 Å². The fourth-order valence-corrected chi connectivity index (χ4v) is 3.99. The Morgan fingerprint density at radius 1 is 0.882 bits per heavy atom. The molecule has 34 heavy (non-hydrogen) atoms. The molecule has 0 bridgehead atoms. The lowest BCUT2D eigenvalue weighted by Gasteiger charge is -2.19. The fourth-order valence-electron chi connectivity index (χ4n) is 3.99. The van der Waals surface area contributed by atoms with E-state index in [0.717, 1.165) is 10.9 Å². The summed E-state index contributed by atoms with van der Waals surface area (Å²) in [5, 5.41) is 43.4. The Labute approximate surface area is 209 Å². The van der Waals surface area contributed by atoms with E-state index in [1.807, 2.05) is 22.9 Å². The number of aromatic hydroxyl groups is 1. The predicted octanol–water partition coefficient (Wildman–Crippen LogP) is 0.548. The number of nitrogens with one attached hydrogen (secondary N) is 3. The topological polar surface area (TPSA) is 163 Å². The molecule has 0 fully saturated rings. The standard InChI is InChI=1S/C22H27N5O4.2ClH.H2O/c28-12-9-23-6-7-25-15-4-5-16-20-19(15)22(31)18-14(2-1-3-17(18)30)21(20)26-27(16)11-8-24-10-13-29;;;/h1-5,23-25,28-30H,6-13H2;2*1H;1H2. The first-order chi connectivity index (χ1) is 15.2. The number of hydrogen-bond acceptors (Lipinski definition) is 8. The van der Waals surface area contributed by atoms with Crippen LogP contribution >= 0.6 is 24.8 Å². The van der Waals surface area contributed by atoms with Crippen LogP contribution in [0.4, 0.5) is 5.69 Å². The smallest absolute Gasteiger partial charge is 0.200 e. The molecule has 0 unspecified atom stereocenters. The van der Waals surface area contributed by atoms with Crippen molar-refractivity contribution in [3.63, 3.8) is 0 Å². The first-order valence-corrected chi connectivity index (χ1v) is 10.4. The highest BCUT2D eigenvalue weighted by Gasteiger charge is 2.32. The molecular formula is C22H31Cl2N5O5. The molecule has 188 valence electrons. The van der Waals surface area contributed by atoms with Crippen LogP contribution in [0.3, 0.4) is 0 Å². The van der Waals surface area contributed by atoms with Gasteiger partial charge in [-0.05, 0) is 18.2 Å². The van der Waals surface area contributed by atoms with Crippen LogP contribution in [0.2, 0.25) is 0 Å². The molecule has 0 aliphatic heterocycles. The number of nitrogens with zero attached hydrogens (tertiary/aromatic N) is 2. The average Bonchev–Trinajstić information content (AvgIpc) is 3.14. The number of ketones is 1. The molecular weight excluding hydrogens is 485 g/mol. The number of halogens is 2. The van der Waals surface area contributed by atoms with Crippen LogP contribution in [0.1, 0.15) is 15.9 Å². The van der Waals surface area contributed by atoms with Gasteiger partial charge in [0.25, 0.3) is 0 Å². The molecule has 1 heterocycles. The van der Waals surface area contributed by atoms with Crippen LogP contribution in [0.15, 0.2) is 30.3 Å². The minimum atomic E-state index is -0.227. The van der Waals surface area contributed by atoms with Gasteiger partial charge in [0.1, 0.15) is 11.4 Å². The number of benzene rings is 2. The molecule has 12 heteroatoms. The van der Waals surface area contributed by atoms with Crippen molar-refractivity contribution in [2.45, 2.75) is 6.54 Å². The molecule has 1 aromatic heterocycles. The molecule has 3 aromatic rings. The number of carbonyl (C=O) groups excluding carboxylic acids is 1. The minimum absolute atomic E-state index is 0. The third-order valence-electron chi connectivity index (χ3n) is 5.37. The summed E-state index contributed by atoms with van der Waals surface area (Å²) in [5.74, 6) is -0.283. The quantitative estimate of drug-likeness (QED) is 0.157. The molecule has 10 nitrogen and oxygen atoms in total. The van der Waals surface area contributed by atoms with Gasteiger partial charge in [0.2, 0.25) is 0 Å². The number of hydrogen-bond donors (Lipinski definition) is 6. The molecule has 0 amide bonds. The number of carbonyl (C=O) groups is 1. The summed E-state index contributed by atoms with van der Waals surface area (Å²) >= 11 is 0. The van der Waals surface area contributed by atoms with E-state index >= 15 is 0 Å². The third-order valence-corrected chi connectivity index (χ3v) is 5.37. The van der Waals surface area contributed by atoms with Gasteiger partial charge < -0.3 is 36.7 Å². The Kier molecular flexibility index (Phi) is 11.7. The summed E-state index contributed by atoms with van der Waals surface area (Å²) in [5.41, 5.74) is 3.63. The summed E-state index contributed by atoms with van der Waals surface area (Å²) in [4.78, 5) is 13.5. The number of aliphatic hydroxyl groups is 2. The zero-order valence-electron chi connectivity index (χ0n) is 18.5. The van der Waals surface area contributed by atoms with Gasteiger partial charge in [-0.15, -0.1) is 24.8 Å². The van der Waals surface area contributed by atoms with Gasteiger partial charge in [0.15, 0.2) is 5.78 Å². The van der Waals surface area contributed by atoms with Crippen molar-refractivity contribution in [2.75, 3.05) is 51.3 Å². The molecule has 1 aliphatic rings. The van der Waals surface area contributed by atoms with Crippen molar-refractivity contribution >= 4 is 47.2 Å². The van der Waals surface area contributed by atoms with E-state index in [-0.39, 0.29) is 60.6 Å². The lowest BCUT2D eigenvalue weighted by atomic mass is 9.86. The van der Waals surface area contributed by atoms with Gasteiger partial charge in [-0.3, -0.25) is 9.48 Å². The van der Waals surface area contributed by atoms with Gasteiger partial charge >= 0.3 is 0 Å². The predicted molar refractivity (Wildman–Crippen MR) is 137 cm³/mol. The van der Waals surface area contributed by atoms with E-state index in [0.29, 0.717) is 61.8 Å². The fraction of sp³-hybridized carbons (Fsp3) is 0.364. The number of phenols is 1. The Bertz CT molecular complexity index is 1110. The van der Waals surface area contributed by atoms with E-state index < -0.39 is 0 Å². The van der Waals surface area contributed by atoms with Crippen molar-refractivity contribution in [3.8, 4) is 17.0 Å². The van der Waals surface area contributed by atoms with Gasteiger partial charge in [-0.2, -0.15) is 5.10 Å². The summed E-state index contributed by atoms with van der Waals surface area (Å²) in [6.45, 7) is 3.57. The van der Waals surface area contributed by atoms with E-state index in [4.69, 9.17) is 15.3 Å². The molecule has 0 saturated carbocycles. The number of aliphatic hydroxyl groups excluding tert-OH is 2. The Hall–Kier alpha value is -2.44. The van der Waals surface area contributed by atoms with Crippen molar-refractivity contribution in [3.05, 3.63) is 41.5 Å². The van der Waals surface area contributed by atoms with Gasteiger partial charge in [0, 0.05) is 49.4 Å². The van der Waals surface area contributed by atoms with Gasteiger partial charge in [-0.1, -0.05) is 12.1 Å². The number of anilines is 1. The highest BCUT2D eigenvalue weighted by Crippen LogP contribution is 2.44. The summed E-state index contributed by atoms with van der Waals surface area (Å²) in [6.07, 6.45) is 0. The normalized spacial score (nSPS) is 11.3. The molecule has 4 rings (SSSR count). The minimum Gasteiger partial charge on any atom is -0.507 e. The number of aromatic nitrogens is 2. The zero-order chi connectivity index (χ0) is 21.8. The van der Waals surface area contributed by atoms with Gasteiger partial charge in [-0.25, -0.2) is 0 Å². The number of phenolic OH excluding ortho intramolecular Hbond substituents is 1. The Morgan fingerprint density at radius 3 is 2.29 bits per heavy atom. The Morgan fingerprint density at radius 2 is 1.59 bits per heavy atom. The maximum Gasteiger partial charge on any atom is 0.200 e. The summed E-state index contributed by atoms with van der Waals surface area (Å²) < 4.78 is 1.86. The van der Waals surface area contributed by atoms with Crippen molar-refractivity contribution in [1.29, 1.82) is 0 Å². The maximum absolute atomic E-state index is 13.5. The van der Waals surface area contributed by atoms with Crippen molar-refractivity contribution < 1.29 is 25.6 Å². The number of rotatable bonds is 11. The van der Waals surface area contributed by atoms with Crippen LogP contribution in [0.5, 0.6) is 5.75 Å². The van der Waals surface area contributed by atoms with Crippen molar-refractivity contribution in [1.82, 2.24) is 20.4 Å². The molecule has 0 spiro atoms. The first kappa shape index (κ1) is 29.6. The van der Waals surface area contributed by atoms with Crippen LogP contribution < -0.4 is 16.0 Å². The Balaban J connectivity index is 0.00000193. The van der Waals surface area contributed by atoms with E-state index in [1.165, 1.54) is 6.07 Å². The molecule has 2 aromatic carbocycles. The SMILES string of the molecule is Cl.Cl.O.O=C1c2c(O)cccc2-c2nn(CCNCCO)c3ccc(NCCNCCO)c1c23. The summed E-state index contributed by atoms with van der Waals surface area (Å²) in [7, 11) is 0. The second-order valence-electron chi connectivity index (χ2n) is 7.36. The second kappa shape index (κ2) is 13.4. The molecule has 0 atom stereocenters. The average molecular weight is 516 g/mol. The zero-order valence-corrected chi connectivity index (χ0v) is 20.1. The van der Waals surface area contributed by atoms with Crippen LogP contribution in [-0.2, 0) is 6.54 Å². The molecule has 1 aliphatic carbocycles. The van der Waals surface area contributed by atoms with E-state index in [2.05, 4.69) is 16.0 Å². The van der Waals surface area contributed by atoms with Crippen LogP contribution in [-0.4, -0.2) is 82.3 Å². The largest absolute Gasteiger partial charge is 0.507 e. The first-order valence-electron chi connectivity index (χ1n) is 10.4. The maximum atomic E-state index is 13.5. The monoisotopic (exact) mass is 515 g/mol. The highest BCUT2D eigenvalue weighted by molar-refractivity contribution is 6.28. The van der Waals surface area contributed by atoms with E-state index in [1.54, 1.807) is 6.07 Å². The van der Waals surface area contributed by atoms with Crippen LogP contribution in [0.25, 0.3) is 22.2 Å². The number of fused-ring (bicyclic) bond motifs is 2. The molecule has 8 N–H and O–H groups in total. The lowest BCUT2D eigenvalue weighted by Crippen LogP contribution is -2.25. The second-order valence-corrected chi connectivity index (χ2v) is 7.36. The third kappa shape index (κ3) is 5.61. The van der Waals surface area contributed by atoms with Crippen molar-refractivity contribution in [2.24, 2.45) is 0 Å². The molecule has 0 saturated heterocycles. The van der Waals surface area contributed by atoms with Crippen LogP contribution in [0, 0.1) is 0 Å². The lowest BCUT2D eigenvalue weighted by molar-refractivity contribution is 0.103. The highest BCUT2D eigenvalue weighted by atomic mass is 35.5. The molecule has 0 radical (unpaired) electrons. The summed E-state index contributed by atoms with van der Waals surface area (Å²) in [6, 6.07) is 8.87.